The van der Waals surface area contributed by atoms with E-state index in [-0.39, 0.29) is 6.54 Å². The Labute approximate surface area is 109 Å². The van der Waals surface area contributed by atoms with Gasteiger partial charge in [0.25, 0.3) is 0 Å². The molecule has 6 heteroatoms. The van der Waals surface area contributed by atoms with Gasteiger partial charge in [0.05, 0.1) is 29.0 Å². The van der Waals surface area contributed by atoms with Gasteiger partial charge in [-0.3, -0.25) is 14.4 Å². The molecule has 0 spiro atoms. The summed E-state index contributed by atoms with van der Waals surface area (Å²) >= 11 is 3.44. The smallest absolute Gasteiger partial charge is 0.317 e. The lowest BCUT2D eigenvalue weighted by Crippen LogP contribution is -2.30. The van der Waals surface area contributed by atoms with Crippen LogP contribution in [-0.4, -0.2) is 38.8 Å². The summed E-state index contributed by atoms with van der Waals surface area (Å²) in [5.74, 6) is 1.56. The summed E-state index contributed by atoms with van der Waals surface area (Å²) in [7, 11) is 1.82. The molecule has 0 amide bonds. The second-order valence-electron chi connectivity index (χ2n) is 3.71. The van der Waals surface area contributed by atoms with E-state index in [0.29, 0.717) is 13.1 Å². The van der Waals surface area contributed by atoms with Crippen LogP contribution in [0.3, 0.4) is 0 Å². The molecule has 0 saturated carbocycles. The maximum absolute atomic E-state index is 10.7. The Morgan fingerprint density at radius 3 is 2.76 bits per heavy atom. The van der Waals surface area contributed by atoms with Gasteiger partial charge in [0.2, 0.25) is 0 Å². The van der Waals surface area contributed by atoms with Gasteiger partial charge in [-0.2, -0.15) is 5.10 Å². The fraction of sp³-hybridized carbons (Fsp3) is 0.455. The molecule has 1 N–H and O–H groups in total. The summed E-state index contributed by atoms with van der Waals surface area (Å²) in [4.78, 5) is 12.4. The van der Waals surface area contributed by atoms with E-state index in [2.05, 4.69) is 26.9 Å². The summed E-state index contributed by atoms with van der Waals surface area (Å²) in [6.07, 6.45) is 5.22. The number of halogens is 1. The normalized spacial score (nSPS) is 10.5. The van der Waals surface area contributed by atoms with Gasteiger partial charge in [0, 0.05) is 13.6 Å². The predicted octanol–water partition coefficient (Wildman–Crippen LogP) is 1.01. The van der Waals surface area contributed by atoms with Crippen molar-refractivity contribution in [1.82, 2.24) is 14.7 Å². The number of aryl methyl sites for hydroxylation is 2. The van der Waals surface area contributed by atoms with Gasteiger partial charge in [-0.25, -0.2) is 0 Å². The summed E-state index contributed by atoms with van der Waals surface area (Å²) in [6.45, 7) is 2.55. The van der Waals surface area contributed by atoms with E-state index in [0.717, 1.165) is 15.9 Å². The highest BCUT2D eigenvalue weighted by Gasteiger charge is 2.16. The van der Waals surface area contributed by atoms with Crippen molar-refractivity contribution in [2.45, 2.75) is 13.5 Å². The van der Waals surface area contributed by atoms with Crippen molar-refractivity contribution < 1.29 is 9.90 Å². The molecule has 0 aromatic carbocycles. The van der Waals surface area contributed by atoms with Gasteiger partial charge in [0.1, 0.15) is 0 Å². The fourth-order valence-electron chi connectivity index (χ4n) is 1.55. The van der Waals surface area contributed by atoms with Crippen LogP contribution >= 0.6 is 15.9 Å². The Kier molecular flexibility index (Phi) is 4.73. The Bertz CT molecular complexity index is 462. The summed E-state index contributed by atoms with van der Waals surface area (Å²) in [5.41, 5.74) is 1.79. The molecule has 5 nitrogen and oxygen atoms in total. The molecule has 17 heavy (non-hydrogen) atoms. The van der Waals surface area contributed by atoms with E-state index < -0.39 is 5.97 Å². The van der Waals surface area contributed by atoms with E-state index in [9.17, 15) is 4.79 Å². The molecule has 0 radical (unpaired) electrons. The van der Waals surface area contributed by atoms with Gasteiger partial charge in [-0.15, -0.1) is 6.42 Å². The Hall–Kier alpha value is -1.32. The standard InChI is InChI=1S/C11H14BrN3O2/c1-4-5-15(7-10(16)17)6-9-11(12)8(2)13-14(9)3/h1H,5-7H2,2-3H3,(H,16,17). The molecular formula is C11H14BrN3O2. The highest BCUT2D eigenvalue weighted by molar-refractivity contribution is 9.10. The zero-order valence-electron chi connectivity index (χ0n) is 9.77. The average Bonchev–Trinajstić information content (AvgIpc) is 2.44. The van der Waals surface area contributed by atoms with Gasteiger partial charge in [-0.1, -0.05) is 5.92 Å². The second kappa shape index (κ2) is 5.84. The summed E-state index contributed by atoms with van der Waals surface area (Å²) in [5, 5.41) is 13.0. The van der Waals surface area contributed by atoms with E-state index in [1.807, 2.05) is 14.0 Å². The number of hydrogen-bond acceptors (Lipinski definition) is 3. The van der Waals surface area contributed by atoms with E-state index >= 15 is 0 Å². The molecule has 1 aromatic rings. The lowest BCUT2D eigenvalue weighted by Gasteiger charge is -2.17. The topological polar surface area (TPSA) is 58.4 Å². The third kappa shape index (κ3) is 3.58. The maximum Gasteiger partial charge on any atom is 0.317 e. The molecule has 0 fully saturated rings. The van der Waals surface area contributed by atoms with Gasteiger partial charge in [-0.05, 0) is 22.9 Å². The first-order valence-electron chi connectivity index (χ1n) is 5.01. The molecule has 0 unspecified atom stereocenters. The minimum absolute atomic E-state index is 0.0825. The van der Waals surface area contributed by atoms with Crippen LogP contribution in [0, 0.1) is 19.3 Å². The first-order chi connectivity index (χ1) is 7.95. The van der Waals surface area contributed by atoms with Gasteiger partial charge >= 0.3 is 5.97 Å². The lowest BCUT2D eigenvalue weighted by molar-refractivity contribution is -0.138. The molecule has 0 bridgehead atoms. The van der Waals surface area contributed by atoms with Crippen LogP contribution in [-0.2, 0) is 18.4 Å². The van der Waals surface area contributed by atoms with Crippen LogP contribution < -0.4 is 0 Å². The number of hydrogen-bond donors (Lipinski definition) is 1. The van der Waals surface area contributed by atoms with E-state index in [1.54, 1.807) is 9.58 Å². The SMILES string of the molecule is C#CCN(CC(=O)O)Cc1c(Br)c(C)nn1C. The Morgan fingerprint density at radius 2 is 2.35 bits per heavy atom. The average molecular weight is 300 g/mol. The number of terminal acetylenes is 1. The number of nitrogens with zero attached hydrogens (tertiary/aromatic N) is 3. The van der Waals surface area contributed by atoms with Gasteiger partial charge < -0.3 is 5.11 Å². The summed E-state index contributed by atoms with van der Waals surface area (Å²) < 4.78 is 2.62. The minimum atomic E-state index is -0.893. The van der Waals surface area contributed by atoms with E-state index in [1.165, 1.54) is 0 Å². The zero-order chi connectivity index (χ0) is 13.0. The first kappa shape index (κ1) is 13.7. The molecule has 0 aliphatic heterocycles. The molecule has 1 aromatic heterocycles. The molecular weight excluding hydrogens is 286 g/mol. The zero-order valence-corrected chi connectivity index (χ0v) is 11.4. The van der Waals surface area contributed by atoms with Crippen LogP contribution in [0.1, 0.15) is 11.4 Å². The van der Waals surface area contributed by atoms with Crippen LogP contribution in [0.5, 0.6) is 0 Å². The number of rotatable bonds is 5. The van der Waals surface area contributed by atoms with E-state index in [4.69, 9.17) is 11.5 Å². The fourth-order valence-corrected chi connectivity index (χ4v) is 2.01. The predicted molar refractivity (Wildman–Crippen MR) is 67.4 cm³/mol. The molecule has 0 aliphatic carbocycles. The number of carboxylic acid groups (broad SMARTS) is 1. The largest absolute Gasteiger partial charge is 0.480 e. The monoisotopic (exact) mass is 299 g/mol. The maximum atomic E-state index is 10.7. The van der Waals surface area contributed by atoms with Gasteiger partial charge in [0.15, 0.2) is 0 Å². The number of carbonyl (C=O) groups is 1. The number of aromatic nitrogens is 2. The molecule has 1 rings (SSSR count). The minimum Gasteiger partial charge on any atom is -0.480 e. The van der Waals surface area contributed by atoms with Crippen molar-refractivity contribution in [2.24, 2.45) is 7.05 Å². The van der Waals surface area contributed by atoms with Crippen molar-refractivity contribution in [3.8, 4) is 12.3 Å². The van der Waals surface area contributed by atoms with Crippen molar-refractivity contribution in [1.29, 1.82) is 0 Å². The molecule has 0 saturated heterocycles. The van der Waals surface area contributed by atoms with Crippen LogP contribution in [0.2, 0.25) is 0 Å². The third-order valence-electron chi connectivity index (χ3n) is 2.31. The molecule has 1 heterocycles. The van der Waals surface area contributed by atoms with Crippen molar-refractivity contribution in [3.05, 3.63) is 15.9 Å². The Morgan fingerprint density at radius 1 is 1.71 bits per heavy atom. The molecule has 0 atom stereocenters. The first-order valence-corrected chi connectivity index (χ1v) is 5.80. The highest BCUT2D eigenvalue weighted by atomic mass is 79.9. The summed E-state index contributed by atoms with van der Waals surface area (Å²) in [6, 6.07) is 0. The van der Waals surface area contributed by atoms with Crippen molar-refractivity contribution in [3.63, 3.8) is 0 Å². The lowest BCUT2D eigenvalue weighted by atomic mass is 10.3. The van der Waals surface area contributed by atoms with Crippen molar-refractivity contribution >= 4 is 21.9 Å². The van der Waals surface area contributed by atoms with Crippen LogP contribution in [0.4, 0.5) is 0 Å². The Balaban J connectivity index is 2.86. The number of carboxylic acids is 1. The third-order valence-corrected chi connectivity index (χ3v) is 3.34. The van der Waals surface area contributed by atoms with Crippen LogP contribution in [0.15, 0.2) is 4.47 Å². The molecule has 0 aliphatic rings. The quantitative estimate of drug-likeness (QED) is 0.825. The van der Waals surface area contributed by atoms with Crippen molar-refractivity contribution in [2.75, 3.05) is 13.1 Å². The van der Waals surface area contributed by atoms with Crippen LogP contribution in [0.25, 0.3) is 0 Å². The number of aliphatic carboxylic acids is 1. The second-order valence-corrected chi connectivity index (χ2v) is 4.51. The highest BCUT2D eigenvalue weighted by Crippen LogP contribution is 2.21. The molecule has 92 valence electrons.